The molecule has 0 spiro atoms. The summed E-state index contributed by atoms with van der Waals surface area (Å²) in [7, 11) is 2.09. The van der Waals surface area contributed by atoms with E-state index < -0.39 is 0 Å². The average Bonchev–Trinajstić information content (AvgIpc) is 3.08. The molecule has 1 aromatic carbocycles. The highest BCUT2D eigenvalue weighted by atomic mass is 32.1. The predicted molar refractivity (Wildman–Crippen MR) is 83.3 cm³/mol. The maximum Gasteiger partial charge on any atom is 0.240 e. The third kappa shape index (κ3) is 2.84. The van der Waals surface area contributed by atoms with Crippen LogP contribution in [0.2, 0.25) is 0 Å². The zero-order valence-electron chi connectivity index (χ0n) is 12.0. The van der Waals surface area contributed by atoms with Crippen molar-refractivity contribution < 1.29 is 4.52 Å². The van der Waals surface area contributed by atoms with Gasteiger partial charge in [-0.15, -0.1) is 11.3 Å². The molecule has 0 radical (unpaired) electrons. The van der Waals surface area contributed by atoms with Gasteiger partial charge in [-0.2, -0.15) is 4.98 Å². The molecule has 0 atom stereocenters. The molecule has 3 aromatic rings. The fourth-order valence-electron chi connectivity index (χ4n) is 2.51. The van der Waals surface area contributed by atoms with Crippen LogP contribution in [-0.2, 0) is 13.1 Å². The summed E-state index contributed by atoms with van der Waals surface area (Å²) in [6.45, 7) is 1.61. The van der Waals surface area contributed by atoms with E-state index in [-0.39, 0.29) is 0 Å². The molecule has 4 nitrogen and oxygen atoms in total. The van der Waals surface area contributed by atoms with E-state index in [4.69, 9.17) is 4.52 Å². The summed E-state index contributed by atoms with van der Waals surface area (Å²) in [5.41, 5.74) is 0. The van der Waals surface area contributed by atoms with Crippen molar-refractivity contribution in [2.45, 2.75) is 31.8 Å². The Hall–Kier alpha value is -1.72. The molecular formula is C16H17N3OS. The van der Waals surface area contributed by atoms with Crippen molar-refractivity contribution in [1.29, 1.82) is 0 Å². The number of hydrogen-bond acceptors (Lipinski definition) is 5. The minimum absolute atomic E-state index is 0.551. The summed E-state index contributed by atoms with van der Waals surface area (Å²) in [6.07, 6.45) is 2.41. The van der Waals surface area contributed by atoms with E-state index in [9.17, 15) is 0 Å². The van der Waals surface area contributed by atoms with Crippen molar-refractivity contribution >= 4 is 21.4 Å². The van der Waals surface area contributed by atoms with Gasteiger partial charge in [0.05, 0.1) is 6.54 Å². The van der Waals surface area contributed by atoms with Gasteiger partial charge < -0.3 is 4.52 Å². The van der Waals surface area contributed by atoms with E-state index in [0.717, 1.165) is 18.3 Å². The standard InChI is InChI=1S/C16H17N3OS/c1-19(10-15-17-16(18-20-15)11-6-7-11)9-13-8-12-4-2-3-5-14(12)21-13/h2-5,8,11H,6-7,9-10H2,1H3. The predicted octanol–water partition coefficient (Wildman–Crippen LogP) is 3.79. The highest BCUT2D eigenvalue weighted by molar-refractivity contribution is 7.19. The van der Waals surface area contributed by atoms with Gasteiger partial charge >= 0.3 is 0 Å². The molecular weight excluding hydrogens is 282 g/mol. The van der Waals surface area contributed by atoms with E-state index in [0.29, 0.717) is 12.5 Å². The number of benzene rings is 1. The van der Waals surface area contributed by atoms with Gasteiger partial charge in [0.25, 0.3) is 0 Å². The topological polar surface area (TPSA) is 42.2 Å². The molecule has 1 aliphatic rings. The molecule has 1 saturated carbocycles. The molecule has 5 heteroatoms. The number of rotatable bonds is 5. The van der Waals surface area contributed by atoms with Crippen molar-refractivity contribution in [3.05, 3.63) is 46.9 Å². The van der Waals surface area contributed by atoms with E-state index in [1.807, 2.05) is 11.3 Å². The van der Waals surface area contributed by atoms with Gasteiger partial charge in [0.15, 0.2) is 5.82 Å². The molecule has 0 amide bonds. The Bertz CT molecular complexity index is 727. The van der Waals surface area contributed by atoms with Crippen LogP contribution in [0.3, 0.4) is 0 Å². The van der Waals surface area contributed by atoms with Crippen molar-refractivity contribution in [2.24, 2.45) is 0 Å². The monoisotopic (exact) mass is 299 g/mol. The number of aromatic nitrogens is 2. The second-order valence-corrected chi connectivity index (χ2v) is 6.91. The molecule has 2 aromatic heterocycles. The first-order valence-electron chi connectivity index (χ1n) is 7.26. The molecule has 1 aliphatic carbocycles. The summed E-state index contributed by atoms with van der Waals surface area (Å²) >= 11 is 1.85. The smallest absolute Gasteiger partial charge is 0.240 e. The Morgan fingerprint density at radius 1 is 1.29 bits per heavy atom. The highest BCUT2D eigenvalue weighted by Gasteiger charge is 2.28. The van der Waals surface area contributed by atoms with Crippen molar-refractivity contribution in [3.63, 3.8) is 0 Å². The van der Waals surface area contributed by atoms with Gasteiger partial charge in [0.1, 0.15) is 0 Å². The van der Waals surface area contributed by atoms with E-state index in [1.165, 1.54) is 27.8 Å². The van der Waals surface area contributed by atoms with Gasteiger partial charge in [-0.05, 0) is 37.4 Å². The second-order valence-electron chi connectivity index (χ2n) is 5.74. The fraction of sp³-hybridized carbons (Fsp3) is 0.375. The van der Waals surface area contributed by atoms with Crippen LogP contribution in [0.1, 0.15) is 35.4 Å². The lowest BCUT2D eigenvalue weighted by Crippen LogP contribution is -2.16. The number of hydrogen-bond donors (Lipinski definition) is 0. The van der Waals surface area contributed by atoms with Crippen molar-refractivity contribution in [1.82, 2.24) is 15.0 Å². The van der Waals surface area contributed by atoms with Gasteiger partial charge in [-0.25, -0.2) is 0 Å². The maximum absolute atomic E-state index is 5.33. The molecule has 21 heavy (non-hydrogen) atoms. The van der Waals surface area contributed by atoms with Crippen LogP contribution in [0.5, 0.6) is 0 Å². The summed E-state index contributed by atoms with van der Waals surface area (Å²) < 4.78 is 6.68. The lowest BCUT2D eigenvalue weighted by molar-refractivity contribution is 0.262. The summed E-state index contributed by atoms with van der Waals surface area (Å²) in [5, 5.41) is 5.38. The third-order valence-corrected chi connectivity index (χ3v) is 4.83. The Labute approximate surface area is 127 Å². The number of fused-ring (bicyclic) bond motifs is 1. The van der Waals surface area contributed by atoms with Crippen LogP contribution in [0, 0.1) is 0 Å². The van der Waals surface area contributed by atoms with E-state index >= 15 is 0 Å². The Kier molecular flexibility index (Phi) is 3.24. The van der Waals surface area contributed by atoms with Gasteiger partial charge in [-0.3, -0.25) is 4.90 Å². The molecule has 0 aliphatic heterocycles. The Balaban J connectivity index is 1.43. The van der Waals surface area contributed by atoms with Crippen LogP contribution in [-0.4, -0.2) is 22.1 Å². The fourth-order valence-corrected chi connectivity index (χ4v) is 3.65. The minimum atomic E-state index is 0.551. The molecule has 1 fully saturated rings. The lowest BCUT2D eigenvalue weighted by atomic mass is 10.2. The van der Waals surface area contributed by atoms with Crippen LogP contribution in [0.4, 0.5) is 0 Å². The number of thiophene rings is 1. The molecule has 0 N–H and O–H groups in total. The molecule has 0 bridgehead atoms. The van der Waals surface area contributed by atoms with E-state index in [2.05, 4.69) is 52.4 Å². The molecule has 2 heterocycles. The minimum Gasteiger partial charge on any atom is -0.338 e. The highest BCUT2D eigenvalue weighted by Crippen LogP contribution is 2.38. The summed E-state index contributed by atoms with van der Waals surface area (Å²) in [5.74, 6) is 2.16. The maximum atomic E-state index is 5.33. The van der Waals surface area contributed by atoms with E-state index in [1.54, 1.807) is 0 Å². The Morgan fingerprint density at radius 2 is 2.14 bits per heavy atom. The molecule has 0 saturated heterocycles. The lowest BCUT2D eigenvalue weighted by Gasteiger charge is -2.12. The van der Waals surface area contributed by atoms with Crippen LogP contribution < -0.4 is 0 Å². The van der Waals surface area contributed by atoms with Gasteiger partial charge in [0, 0.05) is 22.0 Å². The number of nitrogens with zero attached hydrogens (tertiary/aromatic N) is 3. The van der Waals surface area contributed by atoms with Crippen molar-refractivity contribution in [2.75, 3.05) is 7.05 Å². The van der Waals surface area contributed by atoms with Crippen LogP contribution in [0.15, 0.2) is 34.9 Å². The van der Waals surface area contributed by atoms with Crippen molar-refractivity contribution in [3.8, 4) is 0 Å². The first-order chi connectivity index (χ1) is 10.3. The summed E-state index contributed by atoms with van der Waals surface area (Å²) in [6, 6.07) is 10.8. The summed E-state index contributed by atoms with van der Waals surface area (Å²) in [4.78, 5) is 8.06. The van der Waals surface area contributed by atoms with Gasteiger partial charge in [0.2, 0.25) is 5.89 Å². The molecule has 108 valence electrons. The first kappa shape index (κ1) is 13.0. The normalized spacial score (nSPS) is 15.1. The third-order valence-electron chi connectivity index (χ3n) is 3.73. The second kappa shape index (κ2) is 5.24. The zero-order valence-corrected chi connectivity index (χ0v) is 12.8. The SMILES string of the molecule is CN(Cc1nc(C2CC2)no1)Cc1cc2ccccc2s1. The molecule has 0 unspecified atom stereocenters. The van der Waals surface area contributed by atoms with Crippen LogP contribution >= 0.6 is 11.3 Å². The zero-order chi connectivity index (χ0) is 14.2. The average molecular weight is 299 g/mol. The first-order valence-corrected chi connectivity index (χ1v) is 8.08. The van der Waals surface area contributed by atoms with Gasteiger partial charge in [-0.1, -0.05) is 23.4 Å². The molecule has 4 rings (SSSR count). The Morgan fingerprint density at radius 3 is 2.95 bits per heavy atom. The quantitative estimate of drug-likeness (QED) is 0.719. The largest absolute Gasteiger partial charge is 0.338 e. The van der Waals surface area contributed by atoms with Crippen LogP contribution in [0.25, 0.3) is 10.1 Å².